The van der Waals surface area contributed by atoms with Gasteiger partial charge in [0.15, 0.2) is 5.95 Å². The van der Waals surface area contributed by atoms with E-state index >= 15 is 0 Å². The molecule has 1 atom stereocenters. The van der Waals surface area contributed by atoms with Crippen LogP contribution in [0.3, 0.4) is 0 Å². The van der Waals surface area contributed by atoms with Gasteiger partial charge in [0, 0.05) is 25.0 Å². The van der Waals surface area contributed by atoms with Crippen molar-refractivity contribution >= 4 is 5.95 Å². The largest absolute Gasteiger partial charge is 0.376 e. The van der Waals surface area contributed by atoms with Gasteiger partial charge >= 0.3 is 0 Å². The number of H-pyrrole nitrogens is 1. The lowest BCUT2D eigenvalue weighted by Gasteiger charge is -2.09. The van der Waals surface area contributed by atoms with E-state index in [0.29, 0.717) is 6.10 Å². The highest BCUT2D eigenvalue weighted by atomic mass is 16.5. The Hall–Kier alpha value is -1.03. The van der Waals surface area contributed by atoms with Crippen LogP contribution in [0.2, 0.25) is 0 Å². The summed E-state index contributed by atoms with van der Waals surface area (Å²) >= 11 is 0. The number of rotatable bonds is 3. The second-order valence-electron chi connectivity index (χ2n) is 3.43. The monoisotopic (exact) mass is 181 g/mol. The molecule has 2 N–H and O–H groups in total. The minimum atomic E-state index is 0.366. The van der Waals surface area contributed by atoms with Crippen molar-refractivity contribution in [2.24, 2.45) is 0 Å². The molecule has 0 spiro atoms. The number of hydrogen-bond donors (Lipinski definition) is 2. The van der Waals surface area contributed by atoms with E-state index in [1.54, 1.807) is 0 Å². The van der Waals surface area contributed by atoms with Crippen LogP contribution in [0.1, 0.15) is 18.5 Å². The summed E-state index contributed by atoms with van der Waals surface area (Å²) in [4.78, 5) is 7.28. The Bertz CT molecular complexity index is 266. The molecule has 0 aromatic carbocycles. The summed E-state index contributed by atoms with van der Waals surface area (Å²) in [5, 5.41) is 3.22. The van der Waals surface area contributed by atoms with Gasteiger partial charge in [0.05, 0.1) is 6.10 Å². The van der Waals surface area contributed by atoms with Crippen LogP contribution in [0.15, 0.2) is 6.20 Å². The molecule has 0 aliphatic carbocycles. The fraction of sp³-hybridized carbons (Fsp3) is 0.667. The van der Waals surface area contributed by atoms with Gasteiger partial charge in [-0.1, -0.05) is 0 Å². The molecule has 1 unspecified atom stereocenters. The highest BCUT2D eigenvalue weighted by Crippen LogP contribution is 2.12. The van der Waals surface area contributed by atoms with Gasteiger partial charge in [-0.25, -0.2) is 4.98 Å². The fourth-order valence-corrected chi connectivity index (χ4v) is 1.52. The zero-order chi connectivity index (χ0) is 9.10. The molecule has 1 fully saturated rings. The summed E-state index contributed by atoms with van der Waals surface area (Å²) < 4.78 is 5.48. The van der Waals surface area contributed by atoms with Crippen molar-refractivity contribution in [2.45, 2.75) is 25.9 Å². The quantitative estimate of drug-likeness (QED) is 0.739. The molecule has 1 aromatic rings. The molecule has 1 saturated heterocycles. The Balaban J connectivity index is 1.78. The standard InChI is InChI=1S/C9H15N3O/c1-7-5-10-9(12-7)11-6-8-3-2-4-13-8/h5,8H,2-4,6H2,1H3,(H2,10,11,12). The van der Waals surface area contributed by atoms with Crippen LogP contribution in [-0.2, 0) is 4.74 Å². The van der Waals surface area contributed by atoms with Gasteiger partial charge < -0.3 is 15.0 Å². The van der Waals surface area contributed by atoms with E-state index in [2.05, 4.69) is 15.3 Å². The van der Waals surface area contributed by atoms with Crippen molar-refractivity contribution in [1.29, 1.82) is 0 Å². The van der Waals surface area contributed by atoms with Crippen molar-refractivity contribution in [1.82, 2.24) is 9.97 Å². The smallest absolute Gasteiger partial charge is 0.200 e. The zero-order valence-corrected chi connectivity index (χ0v) is 7.84. The molecule has 0 bridgehead atoms. The summed E-state index contributed by atoms with van der Waals surface area (Å²) in [5.41, 5.74) is 1.08. The number of aromatic amines is 1. The van der Waals surface area contributed by atoms with Crippen molar-refractivity contribution in [3.63, 3.8) is 0 Å². The summed E-state index contributed by atoms with van der Waals surface area (Å²) in [6.45, 7) is 3.75. The number of aryl methyl sites for hydroxylation is 1. The highest BCUT2D eigenvalue weighted by molar-refractivity contribution is 5.25. The minimum absolute atomic E-state index is 0.366. The molecule has 0 amide bonds. The molecule has 1 aliphatic heterocycles. The van der Waals surface area contributed by atoms with E-state index in [-0.39, 0.29) is 0 Å². The van der Waals surface area contributed by atoms with E-state index in [0.717, 1.165) is 31.2 Å². The summed E-state index contributed by atoms with van der Waals surface area (Å²) in [6, 6.07) is 0. The molecule has 4 nitrogen and oxygen atoms in total. The van der Waals surface area contributed by atoms with Gasteiger partial charge in [0.2, 0.25) is 0 Å². The van der Waals surface area contributed by atoms with Gasteiger partial charge in [0.1, 0.15) is 0 Å². The van der Waals surface area contributed by atoms with Crippen molar-refractivity contribution in [2.75, 3.05) is 18.5 Å². The molecule has 1 aliphatic rings. The lowest BCUT2D eigenvalue weighted by atomic mass is 10.2. The van der Waals surface area contributed by atoms with E-state index in [1.165, 1.54) is 6.42 Å². The summed E-state index contributed by atoms with van der Waals surface area (Å²) in [7, 11) is 0. The molecule has 4 heteroatoms. The summed E-state index contributed by atoms with van der Waals surface area (Å²) in [5.74, 6) is 0.841. The third-order valence-electron chi connectivity index (χ3n) is 2.22. The van der Waals surface area contributed by atoms with E-state index in [4.69, 9.17) is 4.74 Å². The molecule has 0 saturated carbocycles. The number of anilines is 1. The zero-order valence-electron chi connectivity index (χ0n) is 7.84. The Kier molecular flexibility index (Phi) is 2.49. The first-order valence-electron chi connectivity index (χ1n) is 4.71. The molecule has 2 heterocycles. The van der Waals surface area contributed by atoms with Gasteiger partial charge in [-0.15, -0.1) is 0 Å². The maximum Gasteiger partial charge on any atom is 0.200 e. The van der Waals surface area contributed by atoms with Gasteiger partial charge in [-0.2, -0.15) is 0 Å². The van der Waals surface area contributed by atoms with E-state index < -0.39 is 0 Å². The van der Waals surface area contributed by atoms with E-state index in [1.807, 2.05) is 13.1 Å². The van der Waals surface area contributed by atoms with Crippen LogP contribution in [0, 0.1) is 6.92 Å². The van der Waals surface area contributed by atoms with Crippen LogP contribution in [0.5, 0.6) is 0 Å². The highest BCUT2D eigenvalue weighted by Gasteiger charge is 2.14. The third-order valence-corrected chi connectivity index (χ3v) is 2.22. The Morgan fingerprint density at radius 1 is 1.77 bits per heavy atom. The maximum absolute atomic E-state index is 5.48. The minimum Gasteiger partial charge on any atom is -0.376 e. The van der Waals surface area contributed by atoms with Gasteiger partial charge in [-0.05, 0) is 19.8 Å². The maximum atomic E-state index is 5.48. The van der Waals surface area contributed by atoms with E-state index in [9.17, 15) is 0 Å². The molecule has 13 heavy (non-hydrogen) atoms. The first kappa shape index (κ1) is 8.56. The first-order chi connectivity index (χ1) is 6.34. The first-order valence-corrected chi connectivity index (χ1v) is 4.71. The molecular weight excluding hydrogens is 166 g/mol. The van der Waals surface area contributed by atoms with Crippen LogP contribution >= 0.6 is 0 Å². The number of nitrogens with one attached hydrogen (secondary N) is 2. The molecule has 0 radical (unpaired) electrons. The normalized spacial score (nSPS) is 22.1. The van der Waals surface area contributed by atoms with Gasteiger partial charge in [-0.3, -0.25) is 0 Å². The van der Waals surface area contributed by atoms with Crippen molar-refractivity contribution in [3.8, 4) is 0 Å². The number of nitrogens with zero attached hydrogens (tertiary/aromatic N) is 1. The second kappa shape index (κ2) is 3.79. The SMILES string of the molecule is Cc1cnc(NCC2CCCO2)[nH]1. The molecule has 1 aromatic heterocycles. The average Bonchev–Trinajstić information content (AvgIpc) is 2.71. The number of ether oxygens (including phenoxy) is 1. The van der Waals surface area contributed by atoms with Crippen LogP contribution in [0.25, 0.3) is 0 Å². The molecule has 2 rings (SSSR count). The Labute approximate surface area is 77.7 Å². The van der Waals surface area contributed by atoms with Crippen LogP contribution < -0.4 is 5.32 Å². The molecular formula is C9H15N3O. The predicted molar refractivity (Wildman–Crippen MR) is 50.8 cm³/mol. The second-order valence-corrected chi connectivity index (χ2v) is 3.43. The lowest BCUT2D eigenvalue weighted by Crippen LogP contribution is -2.18. The number of aromatic nitrogens is 2. The lowest BCUT2D eigenvalue weighted by molar-refractivity contribution is 0.120. The average molecular weight is 181 g/mol. The van der Waals surface area contributed by atoms with Crippen molar-refractivity contribution < 1.29 is 4.74 Å². The number of imidazole rings is 1. The Morgan fingerprint density at radius 3 is 3.31 bits per heavy atom. The van der Waals surface area contributed by atoms with Gasteiger partial charge in [0.25, 0.3) is 0 Å². The summed E-state index contributed by atoms with van der Waals surface area (Å²) in [6.07, 6.45) is 4.53. The topological polar surface area (TPSA) is 49.9 Å². The molecule has 72 valence electrons. The Morgan fingerprint density at radius 2 is 2.69 bits per heavy atom. The predicted octanol–water partition coefficient (Wildman–Crippen LogP) is 1.31. The van der Waals surface area contributed by atoms with Crippen LogP contribution in [-0.4, -0.2) is 29.2 Å². The number of hydrogen-bond acceptors (Lipinski definition) is 3. The van der Waals surface area contributed by atoms with Crippen LogP contribution in [0.4, 0.5) is 5.95 Å². The van der Waals surface area contributed by atoms with Crippen molar-refractivity contribution in [3.05, 3.63) is 11.9 Å². The fourth-order valence-electron chi connectivity index (χ4n) is 1.52. The third kappa shape index (κ3) is 2.21.